The van der Waals surface area contributed by atoms with Crippen molar-refractivity contribution in [3.05, 3.63) is 35.6 Å². The molecule has 90 valence electrons. The van der Waals surface area contributed by atoms with E-state index in [2.05, 4.69) is 5.32 Å². The van der Waals surface area contributed by atoms with E-state index in [1.54, 1.807) is 12.1 Å². The Kier molecular flexibility index (Phi) is 7.50. The van der Waals surface area contributed by atoms with Gasteiger partial charge in [0, 0.05) is 13.0 Å². The first-order valence-electron chi connectivity index (χ1n) is 4.85. The van der Waals surface area contributed by atoms with Crippen LogP contribution in [0.2, 0.25) is 0 Å². The van der Waals surface area contributed by atoms with Gasteiger partial charge in [0.05, 0.1) is 0 Å². The fourth-order valence-corrected chi connectivity index (χ4v) is 1.20. The van der Waals surface area contributed by atoms with Crippen molar-refractivity contribution in [1.82, 2.24) is 5.32 Å². The smallest absolute Gasteiger partial charge is 0.303 e. The molecule has 0 radical (unpaired) electrons. The van der Waals surface area contributed by atoms with E-state index < -0.39 is 5.97 Å². The van der Waals surface area contributed by atoms with Gasteiger partial charge in [0.15, 0.2) is 0 Å². The fourth-order valence-electron chi connectivity index (χ4n) is 1.20. The molecule has 2 N–H and O–H groups in total. The maximum Gasteiger partial charge on any atom is 0.303 e. The lowest BCUT2D eigenvalue weighted by Crippen LogP contribution is -2.15. The summed E-state index contributed by atoms with van der Waals surface area (Å²) in [7, 11) is 0. The number of rotatable bonds is 6. The molecule has 0 saturated heterocycles. The van der Waals surface area contributed by atoms with Gasteiger partial charge in [-0.15, -0.1) is 12.4 Å². The third kappa shape index (κ3) is 6.37. The summed E-state index contributed by atoms with van der Waals surface area (Å²) in [5, 5.41) is 11.5. The van der Waals surface area contributed by atoms with Gasteiger partial charge in [0.2, 0.25) is 0 Å². The van der Waals surface area contributed by atoms with Gasteiger partial charge in [0.25, 0.3) is 0 Å². The monoisotopic (exact) mass is 247 g/mol. The maximum atomic E-state index is 12.5. The summed E-state index contributed by atoms with van der Waals surface area (Å²) in [4.78, 5) is 10.2. The summed E-state index contributed by atoms with van der Waals surface area (Å²) in [6.07, 6.45) is 0.785. The predicted octanol–water partition coefficient (Wildman–Crippen LogP) is 2.20. The van der Waals surface area contributed by atoms with Gasteiger partial charge < -0.3 is 10.4 Å². The molecule has 3 nitrogen and oxygen atoms in total. The second-order valence-corrected chi connectivity index (χ2v) is 3.30. The first kappa shape index (κ1) is 14.9. The zero-order chi connectivity index (χ0) is 11.1. The van der Waals surface area contributed by atoms with Crippen LogP contribution in [-0.2, 0) is 11.3 Å². The number of hydrogen-bond donors (Lipinski definition) is 2. The van der Waals surface area contributed by atoms with Gasteiger partial charge in [-0.05, 0) is 30.7 Å². The van der Waals surface area contributed by atoms with Crippen molar-refractivity contribution in [3.63, 3.8) is 0 Å². The van der Waals surface area contributed by atoms with Crippen molar-refractivity contribution >= 4 is 18.4 Å². The van der Waals surface area contributed by atoms with Crippen molar-refractivity contribution in [3.8, 4) is 0 Å². The highest BCUT2D eigenvalue weighted by Gasteiger charge is 1.96. The predicted molar refractivity (Wildman–Crippen MR) is 62.2 cm³/mol. The van der Waals surface area contributed by atoms with E-state index in [0.717, 1.165) is 5.56 Å². The molecule has 0 aliphatic heterocycles. The minimum atomic E-state index is -0.779. The van der Waals surface area contributed by atoms with Crippen LogP contribution >= 0.6 is 12.4 Å². The largest absolute Gasteiger partial charge is 0.481 e. The molecule has 0 fully saturated rings. The summed E-state index contributed by atoms with van der Waals surface area (Å²) in [6, 6.07) is 6.24. The lowest BCUT2D eigenvalue weighted by atomic mass is 10.2. The van der Waals surface area contributed by atoms with Crippen LogP contribution in [0, 0.1) is 5.82 Å². The third-order valence-corrected chi connectivity index (χ3v) is 1.99. The molecule has 0 unspecified atom stereocenters. The van der Waals surface area contributed by atoms with E-state index in [4.69, 9.17) is 5.11 Å². The molecule has 0 aliphatic rings. The van der Waals surface area contributed by atoms with Crippen LogP contribution in [0.4, 0.5) is 4.39 Å². The molecule has 0 aromatic heterocycles. The van der Waals surface area contributed by atoms with E-state index in [0.29, 0.717) is 19.5 Å². The normalized spacial score (nSPS) is 9.56. The molecule has 0 heterocycles. The van der Waals surface area contributed by atoms with E-state index in [-0.39, 0.29) is 24.6 Å². The number of carboxylic acid groups (broad SMARTS) is 1. The summed E-state index contributed by atoms with van der Waals surface area (Å²) < 4.78 is 12.5. The quantitative estimate of drug-likeness (QED) is 0.758. The summed E-state index contributed by atoms with van der Waals surface area (Å²) in [5.74, 6) is -1.02. The summed E-state index contributed by atoms with van der Waals surface area (Å²) in [6.45, 7) is 1.30. The maximum absolute atomic E-state index is 12.5. The highest BCUT2D eigenvalue weighted by atomic mass is 35.5. The summed E-state index contributed by atoms with van der Waals surface area (Å²) in [5.41, 5.74) is 0.992. The molecule has 5 heteroatoms. The van der Waals surface area contributed by atoms with Crippen molar-refractivity contribution < 1.29 is 14.3 Å². The zero-order valence-corrected chi connectivity index (χ0v) is 9.60. The van der Waals surface area contributed by atoms with Crippen LogP contribution in [0.5, 0.6) is 0 Å². The first-order valence-corrected chi connectivity index (χ1v) is 4.85. The van der Waals surface area contributed by atoms with Crippen molar-refractivity contribution in [2.75, 3.05) is 6.54 Å². The Bertz CT molecular complexity index is 316. The average molecular weight is 248 g/mol. The number of halogens is 2. The van der Waals surface area contributed by atoms with Crippen LogP contribution in [0.25, 0.3) is 0 Å². The SMILES string of the molecule is Cl.O=C(O)CCCNCc1ccc(F)cc1. The number of aliphatic carboxylic acids is 1. The minimum Gasteiger partial charge on any atom is -0.481 e. The number of carbonyl (C=O) groups is 1. The van der Waals surface area contributed by atoms with Crippen molar-refractivity contribution in [2.45, 2.75) is 19.4 Å². The average Bonchev–Trinajstić information content (AvgIpc) is 2.20. The second kappa shape index (κ2) is 8.07. The zero-order valence-electron chi connectivity index (χ0n) is 8.78. The van der Waals surface area contributed by atoms with Crippen LogP contribution in [0.3, 0.4) is 0 Å². The van der Waals surface area contributed by atoms with Gasteiger partial charge >= 0.3 is 5.97 Å². The fraction of sp³-hybridized carbons (Fsp3) is 0.364. The highest BCUT2D eigenvalue weighted by molar-refractivity contribution is 5.85. The van der Waals surface area contributed by atoms with Gasteiger partial charge in [-0.25, -0.2) is 4.39 Å². The van der Waals surface area contributed by atoms with E-state index in [9.17, 15) is 9.18 Å². The molecule has 16 heavy (non-hydrogen) atoms. The summed E-state index contributed by atoms with van der Waals surface area (Å²) >= 11 is 0. The molecule has 0 aliphatic carbocycles. The van der Waals surface area contributed by atoms with Crippen LogP contribution in [0.15, 0.2) is 24.3 Å². The van der Waals surface area contributed by atoms with Crippen molar-refractivity contribution in [1.29, 1.82) is 0 Å². The number of benzene rings is 1. The van der Waals surface area contributed by atoms with E-state index >= 15 is 0 Å². The van der Waals surface area contributed by atoms with Crippen LogP contribution < -0.4 is 5.32 Å². The highest BCUT2D eigenvalue weighted by Crippen LogP contribution is 2.01. The molecule has 0 amide bonds. The van der Waals surface area contributed by atoms with E-state index in [1.165, 1.54) is 12.1 Å². The molecule has 0 bridgehead atoms. The Morgan fingerprint density at radius 2 is 1.94 bits per heavy atom. The van der Waals surface area contributed by atoms with Crippen LogP contribution in [0.1, 0.15) is 18.4 Å². The molecule has 1 rings (SSSR count). The van der Waals surface area contributed by atoms with E-state index in [1.807, 2.05) is 0 Å². The Balaban J connectivity index is 0.00000225. The standard InChI is InChI=1S/C11H14FNO2.ClH/c12-10-5-3-9(4-6-10)8-13-7-1-2-11(14)15;/h3-6,13H,1-2,7-8H2,(H,14,15);1H. The molecular weight excluding hydrogens is 233 g/mol. The van der Waals surface area contributed by atoms with Gasteiger partial charge in [0.1, 0.15) is 5.82 Å². The Hall–Kier alpha value is -1.13. The Morgan fingerprint density at radius 1 is 1.31 bits per heavy atom. The molecule has 0 saturated carbocycles. The van der Waals surface area contributed by atoms with Gasteiger partial charge in [-0.1, -0.05) is 12.1 Å². The molecule has 1 aromatic carbocycles. The van der Waals surface area contributed by atoms with Crippen LogP contribution in [-0.4, -0.2) is 17.6 Å². The van der Waals surface area contributed by atoms with Gasteiger partial charge in [-0.3, -0.25) is 4.79 Å². The Morgan fingerprint density at radius 3 is 2.50 bits per heavy atom. The molecular formula is C11H15ClFNO2. The number of hydrogen-bond acceptors (Lipinski definition) is 2. The molecule has 0 spiro atoms. The lowest BCUT2D eigenvalue weighted by Gasteiger charge is -2.03. The topological polar surface area (TPSA) is 49.3 Å². The number of carboxylic acids is 1. The number of nitrogens with one attached hydrogen (secondary N) is 1. The first-order chi connectivity index (χ1) is 7.18. The van der Waals surface area contributed by atoms with Gasteiger partial charge in [-0.2, -0.15) is 0 Å². The minimum absolute atomic E-state index is 0. The third-order valence-electron chi connectivity index (χ3n) is 1.99. The Labute approximate surface area is 100 Å². The second-order valence-electron chi connectivity index (χ2n) is 3.30. The molecule has 1 aromatic rings. The lowest BCUT2D eigenvalue weighted by molar-refractivity contribution is -0.137. The molecule has 0 atom stereocenters. The van der Waals surface area contributed by atoms with Crippen molar-refractivity contribution in [2.24, 2.45) is 0 Å².